The third kappa shape index (κ3) is 3.51. The predicted molar refractivity (Wildman–Crippen MR) is 92.8 cm³/mol. The lowest BCUT2D eigenvalue weighted by Gasteiger charge is -2.26. The minimum absolute atomic E-state index is 0.0120. The molecular weight excluding hydrogens is 328 g/mol. The Kier molecular flexibility index (Phi) is 4.19. The van der Waals surface area contributed by atoms with E-state index in [1.165, 1.54) is 4.90 Å². The van der Waals surface area contributed by atoms with Gasteiger partial charge in [-0.25, -0.2) is 8.42 Å². The molecule has 0 bridgehead atoms. The lowest BCUT2D eigenvalue weighted by atomic mass is 10.2. The van der Waals surface area contributed by atoms with E-state index in [1.54, 1.807) is 31.3 Å². The molecule has 24 heavy (non-hydrogen) atoms. The van der Waals surface area contributed by atoms with E-state index in [4.69, 9.17) is 4.74 Å². The van der Waals surface area contributed by atoms with E-state index in [0.29, 0.717) is 17.1 Å². The number of amides is 1. The monoisotopic (exact) mass is 346 g/mol. The van der Waals surface area contributed by atoms with Crippen LogP contribution in [0.15, 0.2) is 42.5 Å². The summed E-state index contributed by atoms with van der Waals surface area (Å²) < 4.78 is 32.6. The minimum atomic E-state index is -3.56. The maximum Gasteiger partial charge on any atom is 0.264 e. The van der Waals surface area contributed by atoms with Gasteiger partial charge in [0, 0.05) is 7.05 Å². The number of carbonyl (C=O) groups excluding carboxylic acids is 1. The molecule has 0 fully saturated rings. The second-order valence-electron chi connectivity index (χ2n) is 5.77. The first-order valence-corrected chi connectivity index (χ1v) is 9.09. The van der Waals surface area contributed by atoms with Gasteiger partial charge in [0.15, 0.2) is 6.61 Å². The molecule has 1 aliphatic rings. The van der Waals surface area contributed by atoms with Crippen molar-refractivity contribution >= 4 is 27.3 Å². The van der Waals surface area contributed by atoms with E-state index in [-0.39, 0.29) is 18.3 Å². The van der Waals surface area contributed by atoms with Crippen LogP contribution in [0.25, 0.3) is 0 Å². The van der Waals surface area contributed by atoms with Gasteiger partial charge in [0.25, 0.3) is 5.91 Å². The maximum atomic E-state index is 12.4. The first kappa shape index (κ1) is 16.3. The molecule has 2 aromatic rings. The molecule has 0 aromatic heterocycles. The summed E-state index contributed by atoms with van der Waals surface area (Å²) in [5.41, 5.74) is 2.67. The molecule has 0 spiro atoms. The zero-order valence-corrected chi connectivity index (χ0v) is 14.3. The number of hydrogen-bond donors (Lipinski definition) is 1. The van der Waals surface area contributed by atoms with E-state index in [2.05, 4.69) is 4.72 Å². The van der Waals surface area contributed by atoms with Gasteiger partial charge in [0.05, 0.1) is 17.1 Å². The van der Waals surface area contributed by atoms with Gasteiger partial charge < -0.3 is 9.64 Å². The Morgan fingerprint density at radius 2 is 2.00 bits per heavy atom. The average Bonchev–Trinajstić information content (AvgIpc) is 2.50. The van der Waals surface area contributed by atoms with Crippen molar-refractivity contribution in [1.82, 2.24) is 0 Å². The molecule has 0 radical (unpaired) electrons. The van der Waals surface area contributed by atoms with E-state index in [9.17, 15) is 13.2 Å². The number of nitrogens with zero attached hydrogens (tertiary/aromatic N) is 1. The quantitative estimate of drug-likeness (QED) is 0.922. The molecular formula is C17H18N2O4S. The summed E-state index contributed by atoms with van der Waals surface area (Å²) in [6.45, 7) is 1.90. The van der Waals surface area contributed by atoms with Gasteiger partial charge >= 0.3 is 0 Å². The van der Waals surface area contributed by atoms with Gasteiger partial charge in [-0.3, -0.25) is 9.52 Å². The molecule has 3 rings (SSSR count). The Bertz CT molecular complexity index is 893. The molecule has 7 heteroatoms. The number of hydrogen-bond acceptors (Lipinski definition) is 4. The molecule has 0 saturated heterocycles. The van der Waals surface area contributed by atoms with E-state index in [1.807, 2.05) is 25.1 Å². The second kappa shape index (κ2) is 6.16. The number of aryl methyl sites for hydroxylation is 1. The Labute approximate surface area is 141 Å². The number of rotatable bonds is 4. The van der Waals surface area contributed by atoms with E-state index < -0.39 is 10.0 Å². The third-order valence-electron chi connectivity index (χ3n) is 3.76. The fraction of sp³-hybridized carbons (Fsp3) is 0.235. The van der Waals surface area contributed by atoms with Crippen LogP contribution in [0, 0.1) is 6.92 Å². The Balaban J connectivity index is 1.81. The Morgan fingerprint density at radius 3 is 2.75 bits per heavy atom. The molecule has 6 nitrogen and oxygen atoms in total. The summed E-state index contributed by atoms with van der Waals surface area (Å²) in [5, 5.41) is 0. The van der Waals surface area contributed by atoms with Crippen LogP contribution in [0.5, 0.6) is 5.75 Å². The number of carbonyl (C=O) groups is 1. The highest BCUT2D eigenvalue weighted by Gasteiger charge is 2.23. The molecule has 2 aromatic carbocycles. The summed E-state index contributed by atoms with van der Waals surface area (Å²) in [6.07, 6.45) is 0. The number of fused-ring (bicyclic) bond motifs is 1. The zero-order valence-electron chi connectivity index (χ0n) is 13.4. The van der Waals surface area contributed by atoms with Crippen LogP contribution in [0.4, 0.5) is 11.4 Å². The number of likely N-dealkylation sites (N-methyl/N-ethyl adjacent to an activating group) is 1. The predicted octanol–water partition coefficient (Wildman–Crippen LogP) is 2.29. The van der Waals surface area contributed by atoms with Gasteiger partial charge in [-0.05, 0) is 30.7 Å². The third-order valence-corrected chi connectivity index (χ3v) is 5.02. The van der Waals surface area contributed by atoms with E-state index in [0.717, 1.165) is 11.1 Å². The fourth-order valence-corrected chi connectivity index (χ4v) is 3.75. The minimum Gasteiger partial charge on any atom is -0.482 e. The van der Waals surface area contributed by atoms with Crippen LogP contribution in [0.3, 0.4) is 0 Å². The number of anilines is 2. The highest BCUT2D eigenvalue weighted by molar-refractivity contribution is 7.91. The molecule has 1 heterocycles. The van der Waals surface area contributed by atoms with Crippen LogP contribution in [-0.2, 0) is 20.6 Å². The number of nitrogens with one attached hydrogen (secondary N) is 1. The highest BCUT2D eigenvalue weighted by Crippen LogP contribution is 2.34. The van der Waals surface area contributed by atoms with Crippen LogP contribution in [-0.4, -0.2) is 28.0 Å². The van der Waals surface area contributed by atoms with Gasteiger partial charge in [-0.15, -0.1) is 0 Å². The molecule has 0 aliphatic carbocycles. The molecule has 126 valence electrons. The first-order chi connectivity index (χ1) is 11.3. The summed E-state index contributed by atoms with van der Waals surface area (Å²) in [5.74, 6) is 0.262. The standard InChI is InChI=1S/C17H18N2O4S/c1-12-4-3-5-13(8-12)11-24(21,22)18-14-6-7-16-15(9-14)19(2)17(20)10-23-16/h3-9,18H,10-11H2,1-2H3. The maximum absolute atomic E-state index is 12.4. The molecule has 0 unspecified atom stereocenters. The highest BCUT2D eigenvalue weighted by atomic mass is 32.2. The largest absolute Gasteiger partial charge is 0.482 e. The van der Waals surface area contributed by atoms with Crippen LogP contribution < -0.4 is 14.4 Å². The number of ether oxygens (including phenoxy) is 1. The molecule has 1 amide bonds. The normalized spacial score (nSPS) is 14.1. The van der Waals surface area contributed by atoms with Crippen LogP contribution in [0.2, 0.25) is 0 Å². The Morgan fingerprint density at radius 1 is 1.21 bits per heavy atom. The van der Waals surface area contributed by atoms with Crippen molar-refractivity contribution in [2.24, 2.45) is 0 Å². The van der Waals surface area contributed by atoms with Gasteiger partial charge in [0.1, 0.15) is 5.75 Å². The van der Waals surface area contributed by atoms with Gasteiger partial charge in [-0.2, -0.15) is 0 Å². The first-order valence-electron chi connectivity index (χ1n) is 7.43. The lowest BCUT2D eigenvalue weighted by Crippen LogP contribution is -2.35. The average molecular weight is 346 g/mol. The van der Waals surface area contributed by atoms with Crippen LogP contribution in [0.1, 0.15) is 11.1 Å². The Hall–Kier alpha value is -2.54. The molecule has 1 aliphatic heterocycles. The number of sulfonamides is 1. The smallest absolute Gasteiger partial charge is 0.264 e. The SMILES string of the molecule is Cc1cccc(CS(=O)(=O)Nc2ccc3c(c2)N(C)C(=O)CO3)c1. The molecule has 0 atom stereocenters. The lowest BCUT2D eigenvalue weighted by molar-refractivity contribution is -0.120. The fourth-order valence-electron chi connectivity index (χ4n) is 2.57. The number of benzene rings is 2. The zero-order chi connectivity index (χ0) is 17.3. The van der Waals surface area contributed by atoms with Gasteiger partial charge in [0.2, 0.25) is 10.0 Å². The van der Waals surface area contributed by atoms with Crippen LogP contribution >= 0.6 is 0 Å². The molecule has 0 saturated carbocycles. The van der Waals surface area contributed by atoms with Crippen molar-refractivity contribution in [3.05, 3.63) is 53.6 Å². The van der Waals surface area contributed by atoms with Gasteiger partial charge in [-0.1, -0.05) is 29.8 Å². The topological polar surface area (TPSA) is 75.7 Å². The van der Waals surface area contributed by atoms with Crippen molar-refractivity contribution in [2.45, 2.75) is 12.7 Å². The second-order valence-corrected chi connectivity index (χ2v) is 7.50. The summed E-state index contributed by atoms with van der Waals surface area (Å²) in [7, 11) is -1.92. The van der Waals surface area contributed by atoms with E-state index >= 15 is 0 Å². The molecule has 1 N–H and O–H groups in total. The van der Waals surface area contributed by atoms with Crippen molar-refractivity contribution in [1.29, 1.82) is 0 Å². The van der Waals surface area contributed by atoms with Crippen molar-refractivity contribution < 1.29 is 17.9 Å². The summed E-state index contributed by atoms with van der Waals surface area (Å²) in [4.78, 5) is 13.1. The van der Waals surface area contributed by atoms with Crippen molar-refractivity contribution in [3.8, 4) is 5.75 Å². The summed E-state index contributed by atoms with van der Waals surface area (Å²) in [6, 6.07) is 12.2. The summed E-state index contributed by atoms with van der Waals surface area (Å²) >= 11 is 0. The van der Waals surface area contributed by atoms with Crippen molar-refractivity contribution in [2.75, 3.05) is 23.3 Å². The van der Waals surface area contributed by atoms with Crippen molar-refractivity contribution in [3.63, 3.8) is 0 Å².